The molecule has 1 amide bonds. The molecule has 0 bridgehead atoms. The van der Waals surface area contributed by atoms with Gasteiger partial charge in [-0.3, -0.25) is 4.79 Å². The molecule has 2 aliphatic rings. The van der Waals surface area contributed by atoms with Gasteiger partial charge in [0.05, 0.1) is 0 Å². The van der Waals surface area contributed by atoms with Crippen molar-refractivity contribution in [2.45, 2.75) is 6.10 Å². The van der Waals surface area contributed by atoms with Crippen LogP contribution in [0.4, 0.5) is 11.5 Å². The highest BCUT2D eigenvalue weighted by atomic mass is 16.6. The molecule has 0 aliphatic carbocycles. The molecule has 1 fully saturated rings. The summed E-state index contributed by atoms with van der Waals surface area (Å²) in [6.45, 7) is 4.24. The Morgan fingerprint density at radius 2 is 1.72 bits per heavy atom. The molecule has 1 aromatic heterocycles. The van der Waals surface area contributed by atoms with Crippen molar-refractivity contribution in [1.29, 1.82) is 0 Å². The number of fused-ring (bicyclic) bond motifs is 1. The number of nitrogens with one attached hydrogen (secondary N) is 1. The molecular weight excluding hydrogens is 404 g/mol. The number of rotatable bonds is 4. The molecule has 32 heavy (non-hydrogen) atoms. The first-order chi connectivity index (χ1) is 15.7. The first-order valence-corrected chi connectivity index (χ1v) is 10.8. The number of anilines is 2. The number of piperazine rings is 1. The Morgan fingerprint density at radius 3 is 2.50 bits per heavy atom. The second-order valence-corrected chi connectivity index (χ2v) is 8.12. The maximum Gasteiger partial charge on any atom is 0.269 e. The number of carbonyl (C=O) groups is 1. The molecule has 1 N–H and O–H groups in total. The average Bonchev–Trinajstić information content (AvgIpc) is 2.85. The number of benzene rings is 2. The van der Waals surface area contributed by atoms with E-state index in [1.165, 1.54) is 0 Å². The van der Waals surface area contributed by atoms with Gasteiger partial charge in [0.2, 0.25) is 6.10 Å². The number of likely N-dealkylation sites (N-methyl/N-ethyl adjacent to an activating group) is 1. The van der Waals surface area contributed by atoms with E-state index in [9.17, 15) is 4.79 Å². The van der Waals surface area contributed by atoms with Crippen LogP contribution < -0.4 is 19.7 Å². The van der Waals surface area contributed by atoms with Crippen molar-refractivity contribution in [3.05, 3.63) is 66.9 Å². The molecule has 2 aliphatic heterocycles. The number of para-hydroxylation sites is 2. The van der Waals surface area contributed by atoms with Crippen LogP contribution in [0.25, 0.3) is 11.1 Å². The SMILES string of the molecule is CN1CCN(c2cc(-c3ccc(NC(=O)[C@@H]4COc5ccccc5O4)cc3)ccn2)CC1. The van der Waals surface area contributed by atoms with Gasteiger partial charge in [-0.1, -0.05) is 24.3 Å². The van der Waals surface area contributed by atoms with Gasteiger partial charge < -0.3 is 24.6 Å². The Bertz CT molecular complexity index is 1090. The quantitative estimate of drug-likeness (QED) is 0.685. The largest absolute Gasteiger partial charge is 0.485 e. The van der Waals surface area contributed by atoms with E-state index in [-0.39, 0.29) is 12.5 Å². The fourth-order valence-corrected chi connectivity index (χ4v) is 3.92. The van der Waals surface area contributed by atoms with E-state index < -0.39 is 6.10 Å². The molecule has 1 atom stereocenters. The maximum atomic E-state index is 12.6. The number of hydrogen-bond acceptors (Lipinski definition) is 6. The zero-order valence-electron chi connectivity index (χ0n) is 18.0. The molecule has 0 saturated carbocycles. The molecule has 3 heterocycles. The second-order valence-electron chi connectivity index (χ2n) is 8.12. The van der Waals surface area contributed by atoms with E-state index in [1.807, 2.05) is 54.7 Å². The molecule has 5 rings (SSSR count). The minimum Gasteiger partial charge on any atom is -0.485 e. The number of nitrogens with zero attached hydrogens (tertiary/aromatic N) is 3. The third-order valence-electron chi connectivity index (χ3n) is 5.86. The molecule has 7 nitrogen and oxygen atoms in total. The maximum absolute atomic E-state index is 12.6. The third-order valence-corrected chi connectivity index (χ3v) is 5.86. The van der Waals surface area contributed by atoms with Crippen LogP contribution in [-0.4, -0.2) is 61.7 Å². The first-order valence-electron chi connectivity index (χ1n) is 10.8. The lowest BCUT2D eigenvalue weighted by molar-refractivity contribution is -0.125. The lowest BCUT2D eigenvalue weighted by Gasteiger charge is -2.33. The highest BCUT2D eigenvalue weighted by Gasteiger charge is 2.27. The number of pyridine rings is 1. The van der Waals surface area contributed by atoms with Gasteiger partial charge in [-0.15, -0.1) is 0 Å². The van der Waals surface area contributed by atoms with Gasteiger partial charge in [-0.2, -0.15) is 0 Å². The Morgan fingerprint density at radius 1 is 0.969 bits per heavy atom. The summed E-state index contributed by atoms with van der Waals surface area (Å²) in [6, 6.07) is 19.3. The van der Waals surface area contributed by atoms with Crippen molar-refractivity contribution in [1.82, 2.24) is 9.88 Å². The van der Waals surface area contributed by atoms with Crippen LogP contribution >= 0.6 is 0 Å². The van der Waals surface area contributed by atoms with E-state index in [0.29, 0.717) is 11.5 Å². The summed E-state index contributed by atoms with van der Waals surface area (Å²) in [7, 11) is 2.15. The van der Waals surface area contributed by atoms with E-state index in [4.69, 9.17) is 9.47 Å². The molecule has 3 aromatic rings. The van der Waals surface area contributed by atoms with Crippen LogP contribution in [0.1, 0.15) is 0 Å². The number of carbonyl (C=O) groups excluding carboxylic acids is 1. The van der Waals surface area contributed by atoms with Crippen LogP contribution in [0.2, 0.25) is 0 Å². The molecule has 2 aromatic carbocycles. The standard InChI is InChI=1S/C25H26N4O3/c1-28-12-14-29(15-13-28)24-16-19(10-11-26-24)18-6-8-20(9-7-18)27-25(30)23-17-31-21-4-2-3-5-22(21)32-23/h2-11,16,23H,12-15,17H2,1H3,(H,27,30)/t23-/m0/s1. The van der Waals surface area contributed by atoms with Crippen molar-refractivity contribution in [3.63, 3.8) is 0 Å². The number of aromatic nitrogens is 1. The van der Waals surface area contributed by atoms with Gasteiger partial charge in [0, 0.05) is 38.1 Å². The second kappa shape index (κ2) is 8.88. The number of hydrogen-bond donors (Lipinski definition) is 1. The van der Waals surface area contributed by atoms with Gasteiger partial charge in [0.1, 0.15) is 12.4 Å². The third kappa shape index (κ3) is 4.38. The monoisotopic (exact) mass is 430 g/mol. The van der Waals surface area contributed by atoms with Gasteiger partial charge in [0.15, 0.2) is 11.5 Å². The lowest BCUT2D eigenvalue weighted by atomic mass is 10.1. The Hall–Kier alpha value is -3.58. The average molecular weight is 431 g/mol. The summed E-state index contributed by atoms with van der Waals surface area (Å²) < 4.78 is 11.4. The normalized spacial score (nSPS) is 18.3. The Kier molecular flexibility index (Phi) is 5.64. The van der Waals surface area contributed by atoms with Crippen LogP contribution in [0.5, 0.6) is 11.5 Å². The van der Waals surface area contributed by atoms with Crippen molar-refractivity contribution < 1.29 is 14.3 Å². The summed E-state index contributed by atoms with van der Waals surface area (Å²) in [6.07, 6.45) is 1.17. The highest BCUT2D eigenvalue weighted by molar-refractivity contribution is 5.95. The first kappa shape index (κ1) is 20.3. The molecule has 7 heteroatoms. The predicted molar refractivity (Wildman–Crippen MR) is 124 cm³/mol. The molecule has 1 saturated heterocycles. The molecule has 164 valence electrons. The summed E-state index contributed by atoms with van der Waals surface area (Å²) >= 11 is 0. The van der Waals surface area contributed by atoms with Crippen molar-refractivity contribution in [2.24, 2.45) is 0 Å². The lowest BCUT2D eigenvalue weighted by Crippen LogP contribution is -2.44. The highest BCUT2D eigenvalue weighted by Crippen LogP contribution is 2.31. The van der Waals surface area contributed by atoms with Gasteiger partial charge in [-0.25, -0.2) is 4.98 Å². The summed E-state index contributed by atoms with van der Waals surface area (Å²) in [5.41, 5.74) is 2.90. The number of amides is 1. The number of ether oxygens (including phenoxy) is 2. The van der Waals surface area contributed by atoms with Gasteiger partial charge in [-0.05, 0) is 54.6 Å². The minimum atomic E-state index is -0.684. The van der Waals surface area contributed by atoms with E-state index >= 15 is 0 Å². The Labute approximate surface area is 187 Å². The van der Waals surface area contributed by atoms with Crippen LogP contribution in [0.15, 0.2) is 66.9 Å². The van der Waals surface area contributed by atoms with Gasteiger partial charge >= 0.3 is 0 Å². The fourth-order valence-electron chi connectivity index (χ4n) is 3.92. The summed E-state index contributed by atoms with van der Waals surface area (Å²) in [4.78, 5) is 21.9. The van der Waals surface area contributed by atoms with Gasteiger partial charge in [0.25, 0.3) is 5.91 Å². The smallest absolute Gasteiger partial charge is 0.269 e. The topological polar surface area (TPSA) is 66.9 Å². The van der Waals surface area contributed by atoms with E-state index in [0.717, 1.165) is 48.8 Å². The Balaban J connectivity index is 1.24. The molecule has 0 unspecified atom stereocenters. The van der Waals surface area contributed by atoms with Crippen molar-refractivity contribution in [2.75, 3.05) is 50.1 Å². The predicted octanol–water partition coefficient (Wildman–Crippen LogP) is 3.28. The molecule has 0 spiro atoms. The molecule has 0 radical (unpaired) electrons. The van der Waals surface area contributed by atoms with Crippen LogP contribution in [0, 0.1) is 0 Å². The van der Waals surface area contributed by atoms with Crippen molar-refractivity contribution >= 4 is 17.4 Å². The summed E-state index contributed by atoms with van der Waals surface area (Å²) in [5.74, 6) is 2.02. The van der Waals surface area contributed by atoms with Crippen LogP contribution in [0.3, 0.4) is 0 Å². The van der Waals surface area contributed by atoms with E-state index in [1.54, 1.807) is 6.07 Å². The molecular formula is C25H26N4O3. The zero-order chi connectivity index (χ0) is 21.9. The van der Waals surface area contributed by atoms with E-state index in [2.05, 4.69) is 33.2 Å². The zero-order valence-corrected chi connectivity index (χ0v) is 18.0. The summed E-state index contributed by atoms with van der Waals surface area (Å²) in [5, 5.41) is 2.92. The minimum absolute atomic E-state index is 0.188. The fraction of sp³-hybridized carbons (Fsp3) is 0.280. The van der Waals surface area contributed by atoms with Crippen molar-refractivity contribution in [3.8, 4) is 22.6 Å². The van der Waals surface area contributed by atoms with Crippen LogP contribution in [-0.2, 0) is 4.79 Å².